The Labute approximate surface area is 131 Å². The summed E-state index contributed by atoms with van der Waals surface area (Å²) in [5.41, 5.74) is 1.05. The number of nitrogens with one attached hydrogen (secondary N) is 1. The molecule has 0 aliphatic heterocycles. The van der Waals surface area contributed by atoms with Gasteiger partial charge >= 0.3 is 5.97 Å². The van der Waals surface area contributed by atoms with Crippen LogP contribution in [0.1, 0.15) is 38.8 Å². The summed E-state index contributed by atoms with van der Waals surface area (Å²) >= 11 is 6.92. The van der Waals surface area contributed by atoms with Crippen LogP contribution in [0.15, 0.2) is 27.1 Å². The zero-order valence-corrected chi connectivity index (χ0v) is 14.5. The highest BCUT2D eigenvalue weighted by Gasteiger charge is 2.22. The van der Waals surface area contributed by atoms with Gasteiger partial charge < -0.3 is 5.11 Å². The van der Waals surface area contributed by atoms with Crippen molar-refractivity contribution in [3.63, 3.8) is 0 Å². The summed E-state index contributed by atoms with van der Waals surface area (Å²) in [6.07, 6.45) is 0.619. The van der Waals surface area contributed by atoms with Crippen molar-refractivity contribution in [3.05, 3.63) is 32.7 Å². The Morgan fingerprint density at radius 3 is 2.42 bits per heavy atom. The van der Waals surface area contributed by atoms with E-state index in [9.17, 15) is 9.90 Å². The van der Waals surface area contributed by atoms with Gasteiger partial charge in [0.05, 0.1) is 0 Å². The van der Waals surface area contributed by atoms with Gasteiger partial charge in [-0.3, -0.25) is 10.1 Å². The van der Waals surface area contributed by atoms with Crippen LogP contribution in [0.2, 0.25) is 0 Å². The summed E-state index contributed by atoms with van der Waals surface area (Å²) in [4.78, 5) is 11.3. The molecule has 0 radical (unpaired) electrons. The number of hydrogen-bond acceptors (Lipinski definition) is 2. The molecule has 0 saturated heterocycles. The summed E-state index contributed by atoms with van der Waals surface area (Å²) in [6.45, 7) is 6.03. The summed E-state index contributed by atoms with van der Waals surface area (Å²) in [7, 11) is 0. The minimum absolute atomic E-state index is 0.0256. The van der Waals surface area contributed by atoms with Crippen molar-refractivity contribution in [3.8, 4) is 0 Å². The normalized spacial score (nSPS) is 14.4. The largest absolute Gasteiger partial charge is 0.480 e. The maximum atomic E-state index is 11.3. The van der Waals surface area contributed by atoms with Crippen LogP contribution in [0.25, 0.3) is 0 Å². The SMILES string of the molecule is CC(C)CC(NC(C)c1ccc(Br)cc1Br)C(=O)O. The highest BCUT2D eigenvalue weighted by molar-refractivity contribution is 9.11. The maximum Gasteiger partial charge on any atom is 0.320 e. The van der Waals surface area contributed by atoms with Crippen LogP contribution in [0.3, 0.4) is 0 Å². The van der Waals surface area contributed by atoms with Crippen molar-refractivity contribution in [2.75, 3.05) is 0 Å². The zero-order valence-electron chi connectivity index (χ0n) is 11.3. The molecule has 2 atom stereocenters. The molecule has 0 aromatic heterocycles. The van der Waals surface area contributed by atoms with Gasteiger partial charge in [0.2, 0.25) is 0 Å². The average molecular weight is 393 g/mol. The first-order valence-electron chi connectivity index (χ1n) is 6.25. The minimum atomic E-state index is -0.797. The van der Waals surface area contributed by atoms with Crippen LogP contribution in [0.5, 0.6) is 0 Å². The van der Waals surface area contributed by atoms with Gasteiger partial charge in [-0.25, -0.2) is 0 Å². The van der Waals surface area contributed by atoms with E-state index in [-0.39, 0.29) is 6.04 Å². The van der Waals surface area contributed by atoms with Crippen molar-refractivity contribution < 1.29 is 9.90 Å². The number of carboxylic acids is 1. The predicted molar refractivity (Wildman–Crippen MR) is 84.3 cm³/mol. The van der Waals surface area contributed by atoms with E-state index >= 15 is 0 Å². The molecule has 0 amide bonds. The molecule has 0 spiro atoms. The van der Waals surface area contributed by atoms with Gasteiger partial charge in [-0.05, 0) is 37.0 Å². The summed E-state index contributed by atoms with van der Waals surface area (Å²) in [6, 6.07) is 5.36. The number of aliphatic carboxylic acids is 1. The smallest absolute Gasteiger partial charge is 0.320 e. The Hall–Kier alpha value is -0.390. The van der Waals surface area contributed by atoms with Crippen molar-refractivity contribution in [2.45, 2.75) is 39.3 Å². The molecule has 0 aliphatic rings. The van der Waals surface area contributed by atoms with E-state index in [4.69, 9.17) is 0 Å². The Balaban J connectivity index is 2.81. The van der Waals surface area contributed by atoms with Gasteiger partial charge in [0.1, 0.15) is 6.04 Å². The lowest BCUT2D eigenvalue weighted by Gasteiger charge is -2.22. The molecule has 0 aliphatic carbocycles. The van der Waals surface area contributed by atoms with E-state index in [1.54, 1.807) is 0 Å². The number of halogens is 2. The lowest BCUT2D eigenvalue weighted by atomic mass is 10.0. The first-order chi connectivity index (χ1) is 8.81. The number of rotatable bonds is 6. The fourth-order valence-electron chi connectivity index (χ4n) is 1.96. The highest BCUT2D eigenvalue weighted by Crippen LogP contribution is 2.27. The van der Waals surface area contributed by atoms with E-state index < -0.39 is 12.0 Å². The molecule has 2 unspecified atom stereocenters. The lowest BCUT2D eigenvalue weighted by Crippen LogP contribution is -2.39. The lowest BCUT2D eigenvalue weighted by molar-refractivity contribution is -0.140. The minimum Gasteiger partial charge on any atom is -0.480 e. The second-order valence-electron chi connectivity index (χ2n) is 5.07. The summed E-state index contributed by atoms with van der Waals surface area (Å²) in [5.74, 6) is -0.456. The molecular formula is C14H19Br2NO2. The molecule has 1 aromatic rings. The molecule has 19 heavy (non-hydrogen) atoms. The molecule has 0 bridgehead atoms. The molecule has 0 saturated carbocycles. The van der Waals surface area contributed by atoms with Crippen LogP contribution < -0.4 is 5.32 Å². The van der Waals surface area contributed by atoms with Crippen molar-refractivity contribution in [2.24, 2.45) is 5.92 Å². The average Bonchev–Trinajstić information content (AvgIpc) is 2.26. The third-order valence-corrected chi connectivity index (χ3v) is 4.07. The third-order valence-electron chi connectivity index (χ3n) is 2.89. The molecule has 106 valence electrons. The van der Waals surface area contributed by atoms with Crippen molar-refractivity contribution in [1.82, 2.24) is 5.32 Å². The predicted octanol–water partition coefficient (Wildman–Crippen LogP) is 4.36. The van der Waals surface area contributed by atoms with Gasteiger partial charge in [0, 0.05) is 15.0 Å². The fourth-order valence-corrected chi connectivity index (χ4v) is 3.35. The molecule has 3 nitrogen and oxygen atoms in total. The first kappa shape index (κ1) is 16.7. The second kappa shape index (κ2) is 7.41. The van der Waals surface area contributed by atoms with Crippen molar-refractivity contribution in [1.29, 1.82) is 0 Å². The first-order valence-corrected chi connectivity index (χ1v) is 7.83. The number of benzene rings is 1. The van der Waals surface area contributed by atoms with Gasteiger partial charge in [-0.2, -0.15) is 0 Å². The van der Waals surface area contributed by atoms with Crippen LogP contribution in [0, 0.1) is 5.92 Å². The summed E-state index contributed by atoms with van der Waals surface area (Å²) < 4.78 is 1.96. The van der Waals surface area contributed by atoms with Crippen LogP contribution in [-0.4, -0.2) is 17.1 Å². The van der Waals surface area contributed by atoms with Gasteiger partial charge in [-0.15, -0.1) is 0 Å². The van der Waals surface area contributed by atoms with Crippen LogP contribution in [-0.2, 0) is 4.79 Å². The monoisotopic (exact) mass is 391 g/mol. The molecule has 0 heterocycles. The number of carboxylic acid groups (broad SMARTS) is 1. The Kier molecular flexibility index (Phi) is 6.50. The van der Waals surface area contributed by atoms with E-state index in [0.717, 1.165) is 14.5 Å². The number of hydrogen-bond donors (Lipinski definition) is 2. The van der Waals surface area contributed by atoms with E-state index in [0.29, 0.717) is 12.3 Å². The zero-order chi connectivity index (χ0) is 14.6. The fraction of sp³-hybridized carbons (Fsp3) is 0.500. The topological polar surface area (TPSA) is 49.3 Å². The van der Waals surface area contributed by atoms with Gasteiger partial charge in [0.25, 0.3) is 0 Å². The van der Waals surface area contributed by atoms with E-state index in [2.05, 4.69) is 37.2 Å². The molecular weight excluding hydrogens is 374 g/mol. The molecule has 0 fully saturated rings. The van der Waals surface area contributed by atoms with E-state index in [1.807, 2.05) is 39.0 Å². The second-order valence-corrected chi connectivity index (χ2v) is 6.84. The molecule has 1 aromatic carbocycles. The van der Waals surface area contributed by atoms with Gasteiger partial charge in [0.15, 0.2) is 0 Å². The van der Waals surface area contributed by atoms with E-state index in [1.165, 1.54) is 0 Å². The third kappa shape index (κ3) is 5.24. The Morgan fingerprint density at radius 1 is 1.32 bits per heavy atom. The van der Waals surface area contributed by atoms with Crippen molar-refractivity contribution >= 4 is 37.8 Å². The van der Waals surface area contributed by atoms with Gasteiger partial charge in [-0.1, -0.05) is 51.8 Å². The van der Waals surface area contributed by atoms with Crippen LogP contribution >= 0.6 is 31.9 Å². The maximum absolute atomic E-state index is 11.3. The molecule has 2 N–H and O–H groups in total. The Morgan fingerprint density at radius 2 is 1.95 bits per heavy atom. The Bertz CT molecular complexity index is 449. The molecule has 5 heteroatoms. The number of carbonyl (C=O) groups is 1. The summed E-state index contributed by atoms with van der Waals surface area (Å²) in [5, 5.41) is 12.4. The molecule has 1 rings (SSSR count). The standard InChI is InChI=1S/C14H19Br2NO2/c1-8(2)6-13(14(18)19)17-9(3)11-5-4-10(15)7-12(11)16/h4-5,7-9,13,17H,6H2,1-3H3,(H,18,19). The van der Waals surface area contributed by atoms with Crippen LogP contribution in [0.4, 0.5) is 0 Å². The quantitative estimate of drug-likeness (QED) is 0.755. The highest BCUT2D eigenvalue weighted by atomic mass is 79.9.